The van der Waals surface area contributed by atoms with Gasteiger partial charge in [0.1, 0.15) is 0 Å². The first-order valence-corrected chi connectivity index (χ1v) is 6.32. The lowest BCUT2D eigenvalue weighted by atomic mass is 9.87. The first kappa shape index (κ1) is 15.4. The SMILES string of the molecule is CCCC(C)COCCCC(C)(C)C(=N)N. The third-order valence-corrected chi connectivity index (χ3v) is 3.00. The van der Waals surface area contributed by atoms with Crippen molar-refractivity contribution in [2.45, 2.75) is 53.4 Å². The summed E-state index contributed by atoms with van der Waals surface area (Å²) in [6, 6.07) is 0. The van der Waals surface area contributed by atoms with Crippen molar-refractivity contribution in [1.29, 1.82) is 5.41 Å². The number of hydrogen-bond acceptors (Lipinski definition) is 2. The van der Waals surface area contributed by atoms with E-state index < -0.39 is 0 Å². The summed E-state index contributed by atoms with van der Waals surface area (Å²) in [6.45, 7) is 10.1. The van der Waals surface area contributed by atoms with Crippen molar-refractivity contribution in [3.8, 4) is 0 Å². The Kier molecular flexibility index (Phi) is 7.39. The van der Waals surface area contributed by atoms with Crippen LogP contribution in [0.4, 0.5) is 0 Å². The van der Waals surface area contributed by atoms with Crippen LogP contribution in [-0.2, 0) is 4.74 Å². The summed E-state index contributed by atoms with van der Waals surface area (Å²) in [4.78, 5) is 0. The number of amidine groups is 1. The fourth-order valence-electron chi connectivity index (χ4n) is 1.61. The molecule has 96 valence electrons. The molecule has 16 heavy (non-hydrogen) atoms. The average Bonchev–Trinajstić information content (AvgIpc) is 2.17. The zero-order valence-electron chi connectivity index (χ0n) is 11.3. The first-order valence-electron chi connectivity index (χ1n) is 6.32. The standard InChI is InChI=1S/C13H28N2O/c1-5-7-11(2)10-16-9-6-8-13(3,4)12(14)15/h11H,5-10H2,1-4H3,(H3,14,15). The molecule has 0 aromatic heterocycles. The summed E-state index contributed by atoms with van der Waals surface area (Å²) < 4.78 is 5.61. The van der Waals surface area contributed by atoms with E-state index in [4.69, 9.17) is 15.9 Å². The van der Waals surface area contributed by atoms with Gasteiger partial charge in [0.15, 0.2) is 0 Å². The normalized spacial score (nSPS) is 13.8. The molecule has 3 heteroatoms. The molecule has 0 aliphatic carbocycles. The molecule has 3 N–H and O–H groups in total. The largest absolute Gasteiger partial charge is 0.387 e. The highest BCUT2D eigenvalue weighted by molar-refractivity contribution is 5.82. The average molecular weight is 228 g/mol. The molecule has 0 aromatic carbocycles. The van der Waals surface area contributed by atoms with Gasteiger partial charge in [0, 0.05) is 18.6 Å². The second-order valence-electron chi connectivity index (χ2n) is 5.37. The zero-order chi connectivity index (χ0) is 12.6. The van der Waals surface area contributed by atoms with Gasteiger partial charge in [0.2, 0.25) is 0 Å². The maximum absolute atomic E-state index is 7.44. The van der Waals surface area contributed by atoms with E-state index in [-0.39, 0.29) is 11.3 Å². The van der Waals surface area contributed by atoms with Crippen LogP contribution < -0.4 is 5.73 Å². The lowest BCUT2D eigenvalue weighted by molar-refractivity contribution is 0.0951. The summed E-state index contributed by atoms with van der Waals surface area (Å²) in [5.41, 5.74) is 5.33. The summed E-state index contributed by atoms with van der Waals surface area (Å²) >= 11 is 0. The van der Waals surface area contributed by atoms with Crippen molar-refractivity contribution >= 4 is 5.84 Å². The Morgan fingerprint density at radius 2 is 2.06 bits per heavy atom. The number of ether oxygens (including phenoxy) is 1. The molecule has 1 unspecified atom stereocenters. The van der Waals surface area contributed by atoms with E-state index in [1.165, 1.54) is 12.8 Å². The van der Waals surface area contributed by atoms with Crippen LogP contribution in [0.25, 0.3) is 0 Å². The fourth-order valence-corrected chi connectivity index (χ4v) is 1.61. The van der Waals surface area contributed by atoms with E-state index >= 15 is 0 Å². The molecular weight excluding hydrogens is 200 g/mol. The van der Waals surface area contributed by atoms with Gasteiger partial charge in [-0.05, 0) is 25.2 Å². The number of hydrogen-bond donors (Lipinski definition) is 2. The number of rotatable bonds is 9. The van der Waals surface area contributed by atoms with Gasteiger partial charge >= 0.3 is 0 Å². The molecule has 0 spiro atoms. The van der Waals surface area contributed by atoms with E-state index in [1.807, 2.05) is 13.8 Å². The molecule has 1 atom stereocenters. The molecule has 0 heterocycles. The first-order chi connectivity index (χ1) is 7.40. The minimum atomic E-state index is -0.182. The Bertz CT molecular complexity index is 202. The van der Waals surface area contributed by atoms with Crippen LogP contribution in [0, 0.1) is 16.7 Å². The molecular formula is C13H28N2O. The van der Waals surface area contributed by atoms with Gasteiger partial charge in [-0.25, -0.2) is 0 Å². The summed E-state index contributed by atoms with van der Waals surface area (Å²) in [5, 5.41) is 7.44. The quantitative estimate of drug-likeness (QED) is 0.362. The molecule has 0 fully saturated rings. The van der Waals surface area contributed by atoms with Crippen LogP contribution >= 0.6 is 0 Å². The highest BCUT2D eigenvalue weighted by atomic mass is 16.5. The Labute approximate surface area is 100 Å². The fraction of sp³-hybridized carbons (Fsp3) is 0.923. The topological polar surface area (TPSA) is 59.1 Å². The van der Waals surface area contributed by atoms with Gasteiger partial charge in [-0.15, -0.1) is 0 Å². The van der Waals surface area contributed by atoms with Crippen molar-refractivity contribution < 1.29 is 4.74 Å². The maximum atomic E-state index is 7.44. The smallest absolute Gasteiger partial charge is 0.0963 e. The molecule has 0 saturated heterocycles. The third-order valence-electron chi connectivity index (χ3n) is 3.00. The van der Waals surface area contributed by atoms with Gasteiger partial charge < -0.3 is 10.5 Å². The van der Waals surface area contributed by atoms with E-state index in [0.717, 1.165) is 26.1 Å². The minimum absolute atomic E-state index is 0.182. The molecule has 0 saturated carbocycles. The molecule has 3 nitrogen and oxygen atoms in total. The minimum Gasteiger partial charge on any atom is -0.387 e. The van der Waals surface area contributed by atoms with Crippen molar-refractivity contribution in [3.63, 3.8) is 0 Å². The summed E-state index contributed by atoms with van der Waals surface area (Å²) in [7, 11) is 0. The maximum Gasteiger partial charge on any atom is 0.0963 e. The summed E-state index contributed by atoms with van der Waals surface area (Å²) in [5.74, 6) is 0.928. The second kappa shape index (κ2) is 7.66. The lowest BCUT2D eigenvalue weighted by Gasteiger charge is -2.22. The highest BCUT2D eigenvalue weighted by Crippen LogP contribution is 2.21. The molecule has 0 aliphatic heterocycles. The summed E-state index contributed by atoms with van der Waals surface area (Å²) in [6.07, 6.45) is 4.36. The van der Waals surface area contributed by atoms with E-state index in [1.54, 1.807) is 0 Å². The Balaban J connectivity index is 3.50. The van der Waals surface area contributed by atoms with Crippen LogP contribution in [0.2, 0.25) is 0 Å². The van der Waals surface area contributed by atoms with Gasteiger partial charge in [0.05, 0.1) is 5.84 Å². The molecule has 0 aliphatic rings. The van der Waals surface area contributed by atoms with Crippen molar-refractivity contribution in [2.75, 3.05) is 13.2 Å². The number of nitrogens with two attached hydrogens (primary N) is 1. The monoisotopic (exact) mass is 228 g/mol. The number of nitrogens with one attached hydrogen (secondary N) is 1. The van der Waals surface area contributed by atoms with Gasteiger partial charge in [-0.3, -0.25) is 5.41 Å². The molecule has 0 rings (SSSR count). The predicted molar refractivity (Wildman–Crippen MR) is 69.8 cm³/mol. The van der Waals surface area contributed by atoms with Gasteiger partial charge in [-0.2, -0.15) is 0 Å². The van der Waals surface area contributed by atoms with Crippen LogP contribution in [0.3, 0.4) is 0 Å². The van der Waals surface area contributed by atoms with Gasteiger partial charge in [-0.1, -0.05) is 34.1 Å². The second-order valence-corrected chi connectivity index (χ2v) is 5.37. The van der Waals surface area contributed by atoms with Gasteiger partial charge in [0.25, 0.3) is 0 Å². The Morgan fingerprint density at radius 1 is 1.44 bits per heavy atom. The Hall–Kier alpha value is -0.570. The lowest BCUT2D eigenvalue weighted by Crippen LogP contribution is -2.31. The van der Waals surface area contributed by atoms with Crippen LogP contribution in [0.5, 0.6) is 0 Å². The van der Waals surface area contributed by atoms with E-state index in [9.17, 15) is 0 Å². The molecule has 0 radical (unpaired) electrons. The molecule has 0 aromatic rings. The molecule has 0 amide bonds. The zero-order valence-corrected chi connectivity index (χ0v) is 11.3. The van der Waals surface area contributed by atoms with Crippen LogP contribution in [-0.4, -0.2) is 19.0 Å². The highest BCUT2D eigenvalue weighted by Gasteiger charge is 2.20. The van der Waals surface area contributed by atoms with E-state index in [0.29, 0.717) is 5.92 Å². The van der Waals surface area contributed by atoms with Crippen molar-refractivity contribution in [2.24, 2.45) is 17.1 Å². The van der Waals surface area contributed by atoms with Crippen LogP contribution in [0.1, 0.15) is 53.4 Å². The predicted octanol–water partition coefficient (Wildman–Crippen LogP) is 3.18. The van der Waals surface area contributed by atoms with Crippen LogP contribution in [0.15, 0.2) is 0 Å². The molecule has 0 bridgehead atoms. The third kappa shape index (κ3) is 6.83. The van der Waals surface area contributed by atoms with E-state index in [2.05, 4.69) is 13.8 Å². The van der Waals surface area contributed by atoms with Crippen molar-refractivity contribution in [3.05, 3.63) is 0 Å². The Morgan fingerprint density at radius 3 is 2.56 bits per heavy atom. The van der Waals surface area contributed by atoms with Crippen molar-refractivity contribution in [1.82, 2.24) is 0 Å².